The molecule has 1 aromatic carbocycles. The Balaban J connectivity index is 2.09. The lowest BCUT2D eigenvalue weighted by molar-refractivity contribution is 0.811. The fraction of sp³-hybridized carbons (Fsp3) is 0.312. The number of thioether (sulfide) groups is 1. The number of nitrogens with zero attached hydrogens (tertiary/aromatic N) is 1. The number of hydrogen-bond acceptors (Lipinski definition) is 3. The van der Waals surface area contributed by atoms with Crippen molar-refractivity contribution in [2.45, 2.75) is 31.8 Å². The molecule has 1 heterocycles. The maximum Gasteiger partial charge on any atom is 0.0961 e. The van der Waals surface area contributed by atoms with Gasteiger partial charge in [0.25, 0.3) is 0 Å². The van der Waals surface area contributed by atoms with Gasteiger partial charge in [0.15, 0.2) is 0 Å². The molecule has 0 saturated heterocycles. The van der Waals surface area contributed by atoms with E-state index in [9.17, 15) is 0 Å². The molecular weight excluding hydrogens is 332 g/mol. The summed E-state index contributed by atoms with van der Waals surface area (Å²) in [6.45, 7) is 6.39. The quantitative estimate of drug-likeness (QED) is 0.821. The normalized spacial score (nSPS) is 12.4. The summed E-state index contributed by atoms with van der Waals surface area (Å²) in [7, 11) is 0. The van der Waals surface area contributed by atoms with Gasteiger partial charge in [-0.3, -0.25) is 0 Å². The minimum atomic E-state index is 0.0334. The maximum atomic E-state index is 6.37. The fourth-order valence-electron chi connectivity index (χ4n) is 2.48. The zero-order valence-corrected chi connectivity index (χ0v) is 14.4. The number of aryl methyl sites for hydroxylation is 3. The van der Waals surface area contributed by atoms with Gasteiger partial charge in [0.05, 0.1) is 5.03 Å². The standard InChI is InChI=1S/C16H19BrN2S/c1-10-6-11(2)16(12(3)7-10)14(18)9-20-15-5-4-13(17)8-19-15/h4-8,14H,9,18H2,1-3H3. The summed E-state index contributed by atoms with van der Waals surface area (Å²) in [6, 6.07) is 8.45. The molecule has 0 fully saturated rings. The molecule has 0 saturated carbocycles. The van der Waals surface area contributed by atoms with Crippen LogP contribution in [0.5, 0.6) is 0 Å². The molecule has 1 unspecified atom stereocenters. The van der Waals surface area contributed by atoms with Crippen LogP contribution in [0.4, 0.5) is 0 Å². The molecule has 2 nitrogen and oxygen atoms in total. The first-order valence-corrected chi connectivity index (χ1v) is 8.33. The van der Waals surface area contributed by atoms with Gasteiger partial charge in [0.2, 0.25) is 0 Å². The smallest absolute Gasteiger partial charge is 0.0961 e. The highest BCUT2D eigenvalue weighted by Gasteiger charge is 2.13. The van der Waals surface area contributed by atoms with Crippen LogP contribution in [0.2, 0.25) is 0 Å². The second-order valence-corrected chi connectivity index (χ2v) is 7.00. The first-order chi connectivity index (χ1) is 9.47. The van der Waals surface area contributed by atoms with E-state index in [4.69, 9.17) is 5.73 Å². The van der Waals surface area contributed by atoms with E-state index in [0.29, 0.717) is 0 Å². The fourth-order valence-corrected chi connectivity index (χ4v) is 3.53. The highest BCUT2D eigenvalue weighted by molar-refractivity contribution is 9.10. The molecule has 0 aliphatic carbocycles. The largest absolute Gasteiger partial charge is 0.323 e. The molecule has 0 aliphatic heterocycles. The Morgan fingerprint density at radius 2 is 1.85 bits per heavy atom. The van der Waals surface area contributed by atoms with Gasteiger partial charge in [0, 0.05) is 22.5 Å². The Bertz CT molecular complexity index is 573. The zero-order chi connectivity index (χ0) is 14.7. The molecule has 2 N–H and O–H groups in total. The summed E-state index contributed by atoms with van der Waals surface area (Å²) < 4.78 is 0.997. The first-order valence-electron chi connectivity index (χ1n) is 6.55. The molecule has 0 spiro atoms. The monoisotopic (exact) mass is 350 g/mol. The van der Waals surface area contributed by atoms with Crippen molar-refractivity contribution in [3.63, 3.8) is 0 Å². The molecule has 106 valence electrons. The summed E-state index contributed by atoms with van der Waals surface area (Å²) >= 11 is 5.09. The van der Waals surface area contributed by atoms with E-state index in [1.165, 1.54) is 22.3 Å². The van der Waals surface area contributed by atoms with Crippen LogP contribution < -0.4 is 5.73 Å². The highest BCUT2D eigenvalue weighted by Crippen LogP contribution is 2.27. The van der Waals surface area contributed by atoms with E-state index in [2.05, 4.69) is 53.8 Å². The van der Waals surface area contributed by atoms with Crippen LogP contribution in [-0.2, 0) is 0 Å². The molecule has 0 bridgehead atoms. The average molecular weight is 351 g/mol. The molecule has 1 aromatic heterocycles. The van der Waals surface area contributed by atoms with Crippen LogP contribution in [-0.4, -0.2) is 10.7 Å². The predicted octanol–water partition coefficient (Wildman–Crippen LogP) is 4.56. The van der Waals surface area contributed by atoms with E-state index in [-0.39, 0.29) is 6.04 Å². The summed E-state index contributed by atoms with van der Waals surface area (Å²) in [5, 5.41) is 1.01. The van der Waals surface area contributed by atoms with Crippen molar-refractivity contribution in [1.29, 1.82) is 0 Å². The van der Waals surface area contributed by atoms with Gasteiger partial charge < -0.3 is 5.73 Å². The van der Waals surface area contributed by atoms with Gasteiger partial charge in [-0.2, -0.15) is 0 Å². The van der Waals surface area contributed by atoms with Crippen molar-refractivity contribution in [1.82, 2.24) is 4.98 Å². The second-order valence-electron chi connectivity index (χ2n) is 5.04. The number of nitrogens with two attached hydrogens (primary N) is 1. The first kappa shape index (κ1) is 15.5. The summed E-state index contributed by atoms with van der Waals surface area (Å²) in [4.78, 5) is 4.36. The lowest BCUT2D eigenvalue weighted by Gasteiger charge is -2.18. The number of rotatable bonds is 4. The second kappa shape index (κ2) is 6.74. The van der Waals surface area contributed by atoms with E-state index in [1.807, 2.05) is 18.3 Å². The molecule has 0 aliphatic rings. The van der Waals surface area contributed by atoms with Crippen LogP contribution in [0.15, 0.2) is 40.0 Å². The van der Waals surface area contributed by atoms with Crippen molar-refractivity contribution < 1.29 is 0 Å². The molecule has 2 rings (SSSR count). The van der Waals surface area contributed by atoms with Gasteiger partial charge in [-0.05, 0) is 65.5 Å². The van der Waals surface area contributed by atoms with E-state index >= 15 is 0 Å². The van der Waals surface area contributed by atoms with Crippen LogP contribution in [0, 0.1) is 20.8 Å². The molecule has 20 heavy (non-hydrogen) atoms. The summed E-state index contributed by atoms with van der Waals surface area (Å²) in [5.41, 5.74) is 11.5. The lowest BCUT2D eigenvalue weighted by atomic mass is 9.95. The van der Waals surface area contributed by atoms with Crippen molar-refractivity contribution >= 4 is 27.7 Å². The highest BCUT2D eigenvalue weighted by atomic mass is 79.9. The minimum absolute atomic E-state index is 0.0334. The van der Waals surface area contributed by atoms with E-state index in [1.54, 1.807) is 11.8 Å². The number of halogens is 1. The predicted molar refractivity (Wildman–Crippen MR) is 90.2 cm³/mol. The van der Waals surface area contributed by atoms with Crippen molar-refractivity contribution in [2.75, 3.05) is 5.75 Å². The molecule has 0 radical (unpaired) electrons. The third kappa shape index (κ3) is 3.84. The third-order valence-corrected chi connectivity index (χ3v) is 4.75. The van der Waals surface area contributed by atoms with Gasteiger partial charge in [0.1, 0.15) is 0 Å². The SMILES string of the molecule is Cc1cc(C)c(C(N)CSc2ccc(Br)cn2)c(C)c1. The third-order valence-electron chi connectivity index (χ3n) is 3.22. The molecule has 4 heteroatoms. The van der Waals surface area contributed by atoms with Crippen LogP contribution in [0.25, 0.3) is 0 Å². The van der Waals surface area contributed by atoms with Crippen LogP contribution >= 0.6 is 27.7 Å². The van der Waals surface area contributed by atoms with Gasteiger partial charge in [-0.15, -0.1) is 11.8 Å². The van der Waals surface area contributed by atoms with Crippen molar-refractivity contribution in [3.8, 4) is 0 Å². The Kier molecular flexibility index (Phi) is 5.24. The number of aromatic nitrogens is 1. The number of benzene rings is 1. The Morgan fingerprint density at radius 3 is 2.40 bits per heavy atom. The average Bonchev–Trinajstić information content (AvgIpc) is 2.37. The molecule has 0 amide bonds. The Labute approximate surface area is 133 Å². The van der Waals surface area contributed by atoms with Crippen molar-refractivity contribution in [3.05, 3.63) is 57.2 Å². The minimum Gasteiger partial charge on any atom is -0.323 e. The van der Waals surface area contributed by atoms with Gasteiger partial charge in [-0.25, -0.2) is 4.98 Å². The van der Waals surface area contributed by atoms with Crippen LogP contribution in [0.1, 0.15) is 28.3 Å². The molecule has 2 aromatic rings. The molecular formula is C16H19BrN2S. The van der Waals surface area contributed by atoms with Crippen molar-refractivity contribution in [2.24, 2.45) is 5.73 Å². The summed E-state index contributed by atoms with van der Waals surface area (Å²) in [5.74, 6) is 0.833. The summed E-state index contributed by atoms with van der Waals surface area (Å²) in [6.07, 6.45) is 1.82. The molecule has 1 atom stereocenters. The Morgan fingerprint density at radius 1 is 1.20 bits per heavy atom. The van der Waals surface area contributed by atoms with Crippen LogP contribution in [0.3, 0.4) is 0 Å². The van der Waals surface area contributed by atoms with E-state index in [0.717, 1.165) is 15.3 Å². The van der Waals surface area contributed by atoms with Gasteiger partial charge >= 0.3 is 0 Å². The number of pyridine rings is 1. The maximum absolute atomic E-state index is 6.37. The van der Waals surface area contributed by atoms with Gasteiger partial charge in [-0.1, -0.05) is 17.7 Å². The lowest BCUT2D eigenvalue weighted by Crippen LogP contribution is -2.16. The Hall–Kier alpha value is -0.840. The topological polar surface area (TPSA) is 38.9 Å². The van der Waals surface area contributed by atoms with E-state index < -0.39 is 0 Å². The number of hydrogen-bond donors (Lipinski definition) is 1. The zero-order valence-electron chi connectivity index (χ0n) is 12.0.